The van der Waals surface area contributed by atoms with Gasteiger partial charge in [-0.3, -0.25) is 0 Å². The molecule has 1 fully saturated rings. The molecule has 0 aliphatic carbocycles. The molecule has 18 heavy (non-hydrogen) atoms. The van der Waals surface area contributed by atoms with Gasteiger partial charge >= 0.3 is 0 Å². The molecule has 0 saturated carbocycles. The van der Waals surface area contributed by atoms with Gasteiger partial charge in [-0.05, 0) is 37.8 Å². The summed E-state index contributed by atoms with van der Waals surface area (Å²) in [5.74, 6) is 0. The molecule has 1 saturated heterocycles. The maximum atomic E-state index is 5.93. The Morgan fingerprint density at radius 1 is 1.56 bits per heavy atom. The SMILES string of the molecule is CCCC1CC(Nc2cnc(Cl)c(C)c2)CCO1. The van der Waals surface area contributed by atoms with Crippen molar-refractivity contribution in [2.45, 2.75) is 51.7 Å². The van der Waals surface area contributed by atoms with Crippen LogP contribution in [0.4, 0.5) is 5.69 Å². The van der Waals surface area contributed by atoms with E-state index >= 15 is 0 Å². The Kier molecular flexibility index (Phi) is 4.84. The maximum absolute atomic E-state index is 5.93. The minimum Gasteiger partial charge on any atom is -0.381 e. The van der Waals surface area contributed by atoms with Gasteiger partial charge in [0.1, 0.15) is 5.15 Å². The number of nitrogens with one attached hydrogen (secondary N) is 1. The van der Waals surface area contributed by atoms with E-state index in [0.717, 1.165) is 37.1 Å². The smallest absolute Gasteiger partial charge is 0.132 e. The van der Waals surface area contributed by atoms with Gasteiger partial charge < -0.3 is 10.1 Å². The highest BCUT2D eigenvalue weighted by Crippen LogP contribution is 2.23. The fraction of sp³-hybridized carbons (Fsp3) is 0.643. The Balaban J connectivity index is 1.93. The quantitative estimate of drug-likeness (QED) is 0.844. The first kappa shape index (κ1) is 13.6. The van der Waals surface area contributed by atoms with Gasteiger partial charge in [0.05, 0.1) is 18.0 Å². The van der Waals surface area contributed by atoms with Gasteiger partial charge in [-0.15, -0.1) is 0 Å². The largest absolute Gasteiger partial charge is 0.381 e. The van der Waals surface area contributed by atoms with E-state index < -0.39 is 0 Å². The van der Waals surface area contributed by atoms with Crippen LogP contribution >= 0.6 is 11.6 Å². The van der Waals surface area contributed by atoms with Crippen molar-refractivity contribution in [3.63, 3.8) is 0 Å². The Hall–Kier alpha value is -0.800. The Labute approximate surface area is 114 Å². The summed E-state index contributed by atoms with van der Waals surface area (Å²) >= 11 is 5.93. The topological polar surface area (TPSA) is 34.2 Å². The lowest BCUT2D eigenvalue weighted by Gasteiger charge is -2.30. The highest BCUT2D eigenvalue weighted by Gasteiger charge is 2.21. The first-order valence-corrected chi connectivity index (χ1v) is 7.07. The van der Waals surface area contributed by atoms with Gasteiger partial charge in [-0.25, -0.2) is 4.98 Å². The van der Waals surface area contributed by atoms with Gasteiger partial charge in [0.2, 0.25) is 0 Å². The fourth-order valence-corrected chi connectivity index (χ4v) is 2.51. The van der Waals surface area contributed by atoms with E-state index in [2.05, 4.69) is 23.3 Å². The number of ether oxygens (including phenoxy) is 1. The molecule has 0 spiro atoms. The molecular weight excluding hydrogens is 248 g/mol. The summed E-state index contributed by atoms with van der Waals surface area (Å²) in [5, 5.41) is 4.12. The molecule has 100 valence electrons. The second-order valence-electron chi connectivity index (χ2n) is 4.98. The molecule has 2 unspecified atom stereocenters. The van der Waals surface area contributed by atoms with Crippen LogP contribution in [0.2, 0.25) is 5.15 Å². The average Bonchev–Trinajstić information content (AvgIpc) is 2.35. The van der Waals surface area contributed by atoms with Crippen molar-refractivity contribution in [3.8, 4) is 0 Å². The number of aryl methyl sites for hydroxylation is 1. The lowest BCUT2D eigenvalue weighted by atomic mass is 10.00. The van der Waals surface area contributed by atoms with Gasteiger partial charge in [0.25, 0.3) is 0 Å². The van der Waals surface area contributed by atoms with Crippen molar-refractivity contribution >= 4 is 17.3 Å². The highest BCUT2D eigenvalue weighted by molar-refractivity contribution is 6.30. The number of aromatic nitrogens is 1. The predicted octanol–water partition coefficient (Wildman–Crippen LogP) is 3.80. The second kappa shape index (κ2) is 6.39. The van der Waals surface area contributed by atoms with Crippen molar-refractivity contribution in [2.24, 2.45) is 0 Å². The first-order valence-electron chi connectivity index (χ1n) is 6.69. The molecule has 0 bridgehead atoms. The molecule has 1 aromatic rings. The van der Waals surface area contributed by atoms with Crippen molar-refractivity contribution in [3.05, 3.63) is 23.0 Å². The molecule has 1 N–H and O–H groups in total. The number of hydrogen-bond donors (Lipinski definition) is 1. The first-order chi connectivity index (χ1) is 8.69. The fourth-order valence-electron chi connectivity index (χ4n) is 2.41. The predicted molar refractivity (Wildman–Crippen MR) is 75.3 cm³/mol. The summed E-state index contributed by atoms with van der Waals surface area (Å²) in [6, 6.07) is 2.54. The van der Waals surface area contributed by atoms with Crippen LogP contribution in [-0.4, -0.2) is 23.7 Å². The molecule has 2 atom stereocenters. The minimum atomic E-state index is 0.405. The van der Waals surface area contributed by atoms with Crippen LogP contribution in [0, 0.1) is 6.92 Å². The van der Waals surface area contributed by atoms with Gasteiger partial charge in [-0.1, -0.05) is 24.9 Å². The van der Waals surface area contributed by atoms with E-state index in [9.17, 15) is 0 Å². The van der Waals surface area contributed by atoms with Crippen molar-refractivity contribution in [2.75, 3.05) is 11.9 Å². The molecule has 0 amide bonds. The normalized spacial score (nSPS) is 23.9. The van der Waals surface area contributed by atoms with Crippen molar-refractivity contribution in [1.82, 2.24) is 4.98 Å². The second-order valence-corrected chi connectivity index (χ2v) is 5.34. The molecule has 1 aromatic heterocycles. The summed E-state index contributed by atoms with van der Waals surface area (Å²) in [6.07, 6.45) is 6.68. The number of nitrogens with zero attached hydrogens (tertiary/aromatic N) is 1. The van der Waals surface area contributed by atoms with Gasteiger partial charge in [-0.2, -0.15) is 0 Å². The van der Waals surface area contributed by atoms with Crippen LogP contribution < -0.4 is 5.32 Å². The van der Waals surface area contributed by atoms with E-state index in [1.807, 2.05) is 6.92 Å². The van der Waals surface area contributed by atoms with Crippen LogP contribution in [-0.2, 0) is 4.74 Å². The Morgan fingerprint density at radius 3 is 3.11 bits per heavy atom. The van der Waals surface area contributed by atoms with E-state index in [1.165, 1.54) is 6.42 Å². The average molecular weight is 269 g/mol. The summed E-state index contributed by atoms with van der Waals surface area (Å²) in [6.45, 7) is 5.03. The standard InChI is InChI=1S/C14H21ClN2O/c1-3-4-13-8-11(5-6-18-13)17-12-7-10(2)14(15)16-9-12/h7,9,11,13,17H,3-6,8H2,1-2H3. The number of hydrogen-bond acceptors (Lipinski definition) is 3. The molecule has 4 heteroatoms. The van der Waals surface area contributed by atoms with Gasteiger partial charge in [0.15, 0.2) is 0 Å². The number of anilines is 1. The summed E-state index contributed by atoms with van der Waals surface area (Å²) in [5.41, 5.74) is 2.07. The summed E-state index contributed by atoms with van der Waals surface area (Å²) < 4.78 is 5.75. The van der Waals surface area contributed by atoms with E-state index in [4.69, 9.17) is 16.3 Å². The molecule has 2 heterocycles. The summed E-state index contributed by atoms with van der Waals surface area (Å²) in [4.78, 5) is 4.17. The van der Waals surface area contributed by atoms with Crippen LogP contribution in [0.15, 0.2) is 12.3 Å². The third-order valence-corrected chi connectivity index (χ3v) is 3.76. The van der Waals surface area contributed by atoms with Crippen LogP contribution in [0.1, 0.15) is 38.2 Å². The third-order valence-electron chi connectivity index (χ3n) is 3.36. The number of pyridine rings is 1. The number of rotatable bonds is 4. The molecule has 2 rings (SSSR count). The Morgan fingerprint density at radius 2 is 2.39 bits per heavy atom. The lowest BCUT2D eigenvalue weighted by Crippen LogP contribution is -2.34. The van der Waals surface area contributed by atoms with Crippen LogP contribution in [0.5, 0.6) is 0 Å². The van der Waals surface area contributed by atoms with E-state index in [1.54, 1.807) is 6.20 Å². The molecule has 3 nitrogen and oxygen atoms in total. The summed E-state index contributed by atoms with van der Waals surface area (Å²) in [7, 11) is 0. The van der Waals surface area contributed by atoms with Crippen LogP contribution in [0.25, 0.3) is 0 Å². The van der Waals surface area contributed by atoms with Crippen molar-refractivity contribution in [1.29, 1.82) is 0 Å². The van der Waals surface area contributed by atoms with Crippen LogP contribution in [0.3, 0.4) is 0 Å². The third kappa shape index (κ3) is 3.59. The monoisotopic (exact) mass is 268 g/mol. The zero-order valence-electron chi connectivity index (χ0n) is 11.1. The molecular formula is C14H21ClN2O. The zero-order chi connectivity index (χ0) is 13.0. The van der Waals surface area contributed by atoms with Gasteiger partial charge in [0, 0.05) is 12.6 Å². The molecule has 0 radical (unpaired) electrons. The minimum absolute atomic E-state index is 0.405. The zero-order valence-corrected chi connectivity index (χ0v) is 11.8. The Bertz CT molecular complexity index is 395. The van der Waals surface area contributed by atoms with Crippen molar-refractivity contribution < 1.29 is 4.74 Å². The molecule has 1 aliphatic heterocycles. The molecule has 1 aliphatic rings. The molecule has 0 aromatic carbocycles. The lowest BCUT2D eigenvalue weighted by molar-refractivity contribution is 0.00597. The number of halogens is 1. The maximum Gasteiger partial charge on any atom is 0.132 e. The van der Waals surface area contributed by atoms with E-state index in [-0.39, 0.29) is 0 Å². The van der Waals surface area contributed by atoms with E-state index in [0.29, 0.717) is 17.3 Å². The highest BCUT2D eigenvalue weighted by atomic mass is 35.5.